The molecule has 0 aliphatic rings. The van der Waals surface area contributed by atoms with E-state index in [0.29, 0.717) is 23.7 Å². The van der Waals surface area contributed by atoms with E-state index in [9.17, 15) is 13.2 Å². The molecule has 1 amide bonds. The maximum Gasteiger partial charge on any atom is 0.264 e. The first-order valence-electron chi connectivity index (χ1n) is 12.6. The largest absolute Gasteiger partial charge is 0.495 e. The number of amides is 1. The molecule has 1 N–H and O–H groups in total. The van der Waals surface area contributed by atoms with E-state index in [4.69, 9.17) is 9.47 Å². The van der Waals surface area contributed by atoms with E-state index in [2.05, 4.69) is 10.5 Å². The Morgan fingerprint density at radius 1 is 0.875 bits per heavy atom. The summed E-state index contributed by atoms with van der Waals surface area (Å²) < 4.78 is 39.9. The molecule has 206 valence electrons. The number of ether oxygens (including phenoxy) is 2. The SMILES string of the molecule is COc1ccc(C)cc1N(CC(=O)N/N=C/c1ccccc1OCc1ccccc1)S(=O)(=O)c1ccc(C)cc1. The van der Waals surface area contributed by atoms with Crippen molar-refractivity contribution in [2.24, 2.45) is 5.10 Å². The zero-order valence-corrected chi connectivity index (χ0v) is 23.4. The smallest absolute Gasteiger partial charge is 0.264 e. The number of hydrazone groups is 1. The van der Waals surface area contributed by atoms with Gasteiger partial charge in [0.2, 0.25) is 0 Å². The van der Waals surface area contributed by atoms with Crippen molar-refractivity contribution in [3.05, 3.63) is 119 Å². The van der Waals surface area contributed by atoms with Crippen molar-refractivity contribution in [3.63, 3.8) is 0 Å². The van der Waals surface area contributed by atoms with Gasteiger partial charge in [-0.3, -0.25) is 9.10 Å². The summed E-state index contributed by atoms with van der Waals surface area (Å²) >= 11 is 0. The molecule has 0 bridgehead atoms. The van der Waals surface area contributed by atoms with Crippen LogP contribution in [-0.2, 0) is 21.4 Å². The summed E-state index contributed by atoms with van der Waals surface area (Å²) in [5.74, 6) is 0.290. The number of rotatable bonds is 11. The number of carbonyl (C=O) groups excluding carboxylic acids is 1. The Hall–Kier alpha value is -4.63. The summed E-state index contributed by atoms with van der Waals surface area (Å²) in [5, 5.41) is 4.07. The number of benzene rings is 4. The summed E-state index contributed by atoms with van der Waals surface area (Å²) in [6.07, 6.45) is 1.46. The Morgan fingerprint density at radius 3 is 2.27 bits per heavy atom. The number of hydrogen-bond acceptors (Lipinski definition) is 6. The van der Waals surface area contributed by atoms with Gasteiger partial charge in [0.25, 0.3) is 15.9 Å². The zero-order valence-electron chi connectivity index (χ0n) is 22.6. The second-order valence-corrected chi connectivity index (χ2v) is 11.0. The highest BCUT2D eigenvalue weighted by atomic mass is 32.2. The van der Waals surface area contributed by atoms with Gasteiger partial charge in [-0.2, -0.15) is 5.10 Å². The van der Waals surface area contributed by atoms with Gasteiger partial charge in [0.1, 0.15) is 24.7 Å². The first kappa shape index (κ1) is 28.4. The number of sulfonamides is 1. The highest BCUT2D eigenvalue weighted by Gasteiger charge is 2.29. The molecule has 0 spiro atoms. The van der Waals surface area contributed by atoms with Crippen LogP contribution in [0.5, 0.6) is 11.5 Å². The number of methoxy groups -OCH3 is 1. The maximum absolute atomic E-state index is 13.7. The minimum atomic E-state index is -4.11. The van der Waals surface area contributed by atoms with Crippen molar-refractivity contribution in [1.29, 1.82) is 0 Å². The van der Waals surface area contributed by atoms with Gasteiger partial charge in [-0.15, -0.1) is 0 Å². The van der Waals surface area contributed by atoms with Gasteiger partial charge in [-0.05, 0) is 61.4 Å². The van der Waals surface area contributed by atoms with Crippen molar-refractivity contribution >= 4 is 27.8 Å². The predicted octanol–water partition coefficient (Wildman–Crippen LogP) is 5.24. The first-order chi connectivity index (χ1) is 19.3. The third-order valence-electron chi connectivity index (χ3n) is 6.05. The van der Waals surface area contributed by atoms with Crippen molar-refractivity contribution in [2.75, 3.05) is 18.0 Å². The minimum Gasteiger partial charge on any atom is -0.495 e. The lowest BCUT2D eigenvalue weighted by molar-refractivity contribution is -0.119. The zero-order chi connectivity index (χ0) is 28.5. The van der Waals surface area contributed by atoms with Crippen LogP contribution in [0.1, 0.15) is 22.3 Å². The molecule has 4 rings (SSSR count). The summed E-state index contributed by atoms with van der Waals surface area (Å²) in [5.41, 5.74) is 6.10. The lowest BCUT2D eigenvalue weighted by atomic mass is 10.2. The number of nitrogens with one attached hydrogen (secondary N) is 1. The average Bonchev–Trinajstić information content (AvgIpc) is 2.96. The number of para-hydroxylation sites is 1. The number of nitrogens with zero attached hydrogens (tertiary/aromatic N) is 2. The van der Waals surface area contributed by atoms with Crippen LogP contribution < -0.4 is 19.2 Å². The number of carbonyl (C=O) groups is 1. The Bertz CT molecular complexity index is 1590. The molecule has 0 unspecified atom stereocenters. The molecule has 4 aromatic rings. The van der Waals surface area contributed by atoms with Crippen molar-refractivity contribution in [2.45, 2.75) is 25.3 Å². The van der Waals surface area contributed by atoms with E-state index in [-0.39, 0.29) is 10.6 Å². The third-order valence-corrected chi connectivity index (χ3v) is 7.82. The lowest BCUT2D eigenvalue weighted by Crippen LogP contribution is -2.39. The third kappa shape index (κ3) is 7.06. The van der Waals surface area contributed by atoms with E-state index in [0.717, 1.165) is 21.0 Å². The fraction of sp³-hybridized carbons (Fsp3) is 0.161. The minimum absolute atomic E-state index is 0.0578. The van der Waals surface area contributed by atoms with Gasteiger partial charge in [0.15, 0.2) is 0 Å². The number of aryl methyl sites for hydroxylation is 2. The second-order valence-electron chi connectivity index (χ2n) is 9.11. The summed E-state index contributed by atoms with van der Waals surface area (Å²) in [6.45, 7) is 3.57. The van der Waals surface area contributed by atoms with Gasteiger partial charge < -0.3 is 9.47 Å². The highest BCUT2D eigenvalue weighted by Crippen LogP contribution is 2.33. The normalized spacial score (nSPS) is 11.3. The number of anilines is 1. The molecule has 8 nitrogen and oxygen atoms in total. The number of hydrogen-bond donors (Lipinski definition) is 1. The van der Waals surface area contributed by atoms with Crippen molar-refractivity contribution < 1.29 is 22.7 Å². The molecule has 4 aromatic carbocycles. The van der Waals surface area contributed by atoms with E-state index < -0.39 is 22.5 Å². The lowest BCUT2D eigenvalue weighted by Gasteiger charge is -2.25. The molecule has 0 aliphatic heterocycles. The fourth-order valence-corrected chi connectivity index (χ4v) is 5.35. The molecule has 0 saturated carbocycles. The van der Waals surface area contributed by atoms with E-state index in [1.165, 1.54) is 25.5 Å². The van der Waals surface area contributed by atoms with Crippen LogP contribution in [0.15, 0.2) is 107 Å². The molecule has 0 saturated heterocycles. The van der Waals surface area contributed by atoms with Crippen molar-refractivity contribution in [3.8, 4) is 11.5 Å². The Balaban J connectivity index is 1.54. The van der Waals surface area contributed by atoms with E-state index in [1.807, 2.05) is 68.4 Å². The van der Waals surface area contributed by atoms with E-state index >= 15 is 0 Å². The van der Waals surface area contributed by atoms with Crippen LogP contribution >= 0.6 is 0 Å². The highest BCUT2D eigenvalue weighted by molar-refractivity contribution is 7.92. The van der Waals surface area contributed by atoms with Gasteiger partial charge in [-0.1, -0.05) is 66.2 Å². The molecule has 0 aromatic heterocycles. The molecule has 0 aliphatic carbocycles. The average molecular weight is 558 g/mol. The van der Waals surface area contributed by atoms with Gasteiger partial charge in [-0.25, -0.2) is 13.8 Å². The van der Waals surface area contributed by atoms with Crippen LogP contribution in [0.25, 0.3) is 0 Å². The summed E-state index contributed by atoms with van der Waals surface area (Å²) in [6, 6.07) is 28.7. The monoisotopic (exact) mass is 557 g/mol. The van der Waals surface area contributed by atoms with Crippen LogP contribution in [-0.4, -0.2) is 34.2 Å². The van der Waals surface area contributed by atoms with Crippen LogP contribution in [0.4, 0.5) is 5.69 Å². The molecule has 0 atom stereocenters. The molecule has 0 heterocycles. The quantitative estimate of drug-likeness (QED) is 0.201. The summed E-state index contributed by atoms with van der Waals surface area (Å²) in [4.78, 5) is 13.1. The van der Waals surface area contributed by atoms with Crippen LogP contribution in [0.2, 0.25) is 0 Å². The molecular formula is C31H31N3O5S. The fourth-order valence-electron chi connectivity index (χ4n) is 3.93. The van der Waals surface area contributed by atoms with Gasteiger partial charge in [0, 0.05) is 5.56 Å². The van der Waals surface area contributed by atoms with Gasteiger partial charge >= 0.3 is 0 Å². The molecule has 9 heteroatoms. The Labute approximate surface area is 234 Å². The Morgan fingerprint density at radius 2 is 1.55 bits per heavy atom. The molecular weight excluding hydrogens is 526 g/mol. The molecule has 40 heavy (non-hydrogen) atoms. The Kier molecular flexibility index (Phi) is 9.19. The van der Waals surface area contributed by atoms with Gasteiger partial charge in [0.05, 0.1) is 23.9 Å². The molecule has 0 radical (unpaired) electrons. The first-order valence-corrected chi connectivity index (χ1v) is 14.0. The predicted molar refractivity (Wildman–Crippen MR) is 156 cm³/mol. The topological polar surface area (TPSA) is 97.3 Å². The summed E-state index contributed by atoms with van der Waals surface area (Å²) in [7, 11) is -2.66. The van der Waals surface area contributed by atoms with E-state index in [1.54, 1.807) is 30.3 Å². The van der Waals surface area contributed by atoms with Crippen molar-refractivity contribution in [1.82, 2.24) is 5.43 Å². The molecule has 0 fully saturated rings. The van der Waals surface area contributed by atoms with Crippen LogP contribution in [0, 0.1) is 13.8 Å². The standard InChI is InChI=1S/C31H31N3O5S/c1-23-13-16-27(17-14-23)40(36,37)34(28-19-24(2)15-18-30(28)38-3)21-31(35)33-32-20-26-11-7-8-12-29(26)39-22-25-9-5-4-6-10-25/h4-20H,21-22H2,1-3H3,(H,33,35)/b32-20+. The van der Waals surface area contributed by atoms with Crippen LogP contribution in [0.3, 0.4) is 0 Å². The second kappa shape index (κ2) is 12.9. The maximum atomic E-state index is 13.7.